The van der Waals surface area contributed by atoms with Gasteiger partial charge in [0.2, 0.25) is 5.91 Å². The molecule has 0 aliphatic carbocycles. The fraction of sp³-hybridized carbons (Fsp3) is 0.533. The van der Waals surface area contributed by atoms with Crippen LogP contribution in [0, 0.1) is 0 Å². The quantitative estimate of drug-likeness (QED) is 0.767. The van der Waals surface area contributed by atoms with Gasteiger partial charge in [0.05, 0.1) is 14.2 Å². The average molecular weight is 317 g/mol. The maximum absolute atomic E-state index is 11.8. The highest BCUT2D eigenvalue weighted by molar-refractivity contribution is 5.85. The van der Waals surface area contributed by atoms with E-state index in [0.29, 0.717) is 19.4 Å². The van der Waals surface area contributed by atoms with Crippen molar-refractivity contribution < 1.29 is 14.3 Å². The number of aryl methyl sites for hydroxylation is 1. The molecule has 0 fully saturated rings. The molecule has 0 bridgehead atoms. The fourth-order valence-electron chi connectivity index (χ4n) is 1.78. The molecule has 120 valence electrons. The number of rotatable bonds is 8. The molecule has 1 rings (SSSR count). The van der Waals surface area contributed by atoms with E-state index in [-0.39, 0.29) is 24.4 Å². The van der Waals surface area contributed by atoms with E-state index in [1.807, 2.05) is 32.2 Å². The van der Waals surface area contributed by atoms with Crippen molar-refractivity contribution in [1.82, 2.24) is 10.6 Å². The van der Waals surface area contributed by atoms with E-state index in [4.69, 9.17) is 9.47 Å². The second kappa shape index (κ2) is 10.3. The summed E-state index contributed by atoms with van der Waals surface area (Å²) in [5.74, 6) is 1.59. The number of halogens is 1. The molecule has 0 aromatic heterocycles. The molecule has 6 heteroatoms. The van der Waals surface area contributed by atoms with Crippen LogP contribution in [0.3, 0.4) is 0 Å². The zero-order chi connectivity index (χ0) is 15.0. The highest BCUT2D eigenvalue weighted by Crippen LogP contribution is 2.24. The molecule has 0 spiro atoms. The highest BCUT2D eigenvalue weighted by atomic mass is 35.5. The van der Waals surface area contributed by atoms with Gasteiger partial charge in [-0.2, -0.15) is 0 Å². The van der Waals surface area contributed by atoms with E-state index >= 15 is 0 Å². The molecule has 0 aliphatic rings. The fourth-order valence-corrected chi connectivity index (χ4v) is 1.78. The van der Waals surface area contributed by atoms with Crippen LogP contribution in [0.4, 0.5) is 0 Å². The van der Waals surface area contributed by atoms with Gasteiger partial charge >= 0.3 is 0 Å². The molecule has 1 atom stereocenters. The number of benzene rings is 1. The van der Waals surface area contributed by atoms with E-state index < -0.39 is 0 Å². The molecular weight excluding hydrogens is 292 g/mol. The second-order valence-corrected chi connectivity index (χ2v) is 4.67. The second-order valence-electron chi connectivity index (χ2n) is 4.67. The van der Waals surface area contributed by atoms with Crippen LogP contribution in [-0.2, 0) is 11.2 Å². The Kier molecular flexibility index (Phi) is 9.58. The zero-order valence-electron chi connectivity index (χ0n) is 13.1. The number of carbonyl (C=O) groups excluding carboxylic acids is 1. The Morgan fingerprint density at radius 1 is 1.29 bits per heavy atom. The number of ether oxygens (including phenoxy) is 2. The molecule has 2 N–H and O–H groups in total. The molecule has 0 aliphatic heterocycles. The third-order valence-corrected chi connectivity index (χ3v) is 3.21. The van der Waals surface area contributed by atoms with Crippen LogP contribution in [0.25, 0.3) is 0 Å². The number of methoxy groups -OCH3 is 2. The molecule has 0 saturated carbocycles. The van der Waals surface area contributed by atoms with Crippen molar-refractivity contribution in [3.8, 4) is 11.5 Å². The number of hydrogen-bond acceptors (Lipinski definition) is 4. The summed E-state index contributed by atoms with van der Waals surface area (Å²) < 4.78 is 10.5. The van der Waals surface area contributed by atoms with Crippen molar-refractivity contribution >= 4 is 18.3 Å². The molecule has 1 unspecified atom stereocenters. The molecule has 1 amide bonds. The largest absolute Gasteiger partial charge is 0.497 e. The summed E-state index contributed by atoms with van der Waals surface area (Å²) in [7, 11) is 5.12. The molecule has 1 aromatic rings. The summed E-state index contributed by atoms with van der Waals surface area (Å²) in [6, 6.07) is 5.87. The Balaban J connectivity index is 0.00000400. The molecule has 1 aromatic carbocycles. The van der Waals surface area contributed by atoms with Crippen molar-refractivity contribution in [2.24, 2.45) is 0 Å². The van der Waals surface area contributed by atoms with Crippen LogP contribution in [0.5, 0.6) is 11.5 Å². The van der Waals surface area contributed by atoms with E-state index in [9.17, 15) is 4.79 Å². The minimum absolute atomic E-state index is 0. The predicted molar refractivity (Wildman–Crippen MR) is 86.6 cm³/mol. The Bertz CT molecular complexity index is 441. The minimum Gasteiger partial charge on any atom is -0.497 e. The van der Waals surface area contributed by atoms with Gasteiger partial charge in [0, 0.05) is 19.0 Å². The lowest BCUT2D eigenvalue weighted by molar-refractivity contribution is -0.121. The Morgan fingerprint density at radius 3 is 2.57 bits per heavy atom. The molecule has 0 saturated heterocycles. The van der Waals surface area contributed by atoms with Crippen LogP contribution in [-0.4, -0.2) is 39.8 Å². The summed E-state index contributed by atoms with van der Waals surface area (Å²) in [5.41, 5.74) is 0.976. The van der Waals surface area contributed by atoms with Crippen LogP contribution >= 0.6 is 12.4 Å². The monoisotopic (exact) mass is 316 g/mol. The van der Waals surface area contributed by atoms with E-state index in [1.54, 1.807) is 14.2 Å². The van der Waals surface area contributed by atoms with Crippen molar-refractivity contribution in [1.29, 1.82) is 0 Å². The van der Waals surface area contributed by atoms with Gasteiger partial charge < -0.3 is 20.1 Å². The summed E-state index contributed by atoms with van der Waals surface area (Å²) in [6.45, 7) is 2.65. The van der Waals surface area contributed by atoms with E-state index in [2.05, 4.69) is 10.6 Å². The van der Waals surface area contributed by atoms with Gasteiger partial charge in [-0.25, -0.2) is 0 Å². The number of nitrogens with one attached hydrogen (secondary N) is 2. The van der Waals surface area contributed by atoms with Gasteiger partial charge in [-0.05, 0) is 44.2 Å². The standard InChI is InChI=1S/C15H24N2O3.ClH/c1-11(16-2)10-17-15(18)8-5-12-9-13(19-3)6-7-14(12)20-4;/h6-7,9,11,16H,5,8,10H2,1-4H3,(H,17,18);1H. The van der Waals surface area contributed by atoms with Crippen LogP contribution in [0.2, 0.25) is 0 Å². The van der Waals surface area contributed by atoms with Gasteiger partial charge in [-0.1, -0.05) is 0 Å². The summed E-state index contributed by atoms with van der Waals surface area (Å²) in [4.78, 5) is 11.8. The normalized spacial score (nSPS) is 11.2. The van der Waals surface area contributed by atoms with Gasteiger partial charge in [-0.3, -0.25) is 4.79 Å². The van der Waals surface area contributed by atoms with Gasteiger partial charge in [0.1, 0.15) is 11.5 Å². The van der Waals surface area contributed by atoms with Gasteiger partial charge in [-0.15, -0.1) is 12.4 Å². The highest BCUT2D eigenvalue weighted by Gasteiger charge is 2.09. The lowest BCUT2D eigenvalue weighted by atomic mass is 10.1. The Hall–Kier alpha value is -1.46. The zero-order valence-corrected chi connectivity index (χ0v) is 13.9. The van der Waals surface area contributed by atoms with Crippen molar-refractivity contribution in [2.75, 3.05) is 27.8 Å². The lowest BCUT2D eigenvalue weighted by Crippen LogP contribution is -2.37. The van der Waals surface area contributed by atoms with Crippen molar-refractivity contribution in [3.63, 3.8) is 0 Å². The Labute approximate surface area is 132 Å². The maximum Gasteiger partial charge on any atom is 0.220 e. The third-order valence-electron chi connectivity index (χ3n) is 3.21. The van der Waals surface area contributed by atoms with Gasteiger partial charge in [0.15, 0.2) is 0 Å². The predicted octanol–water partition coefficient (Wildman–Crippen LogP) is 1.78. The molecular formula is C15H25ClN2O3. The number of carbonyl (C=O) groups is 1. The molecule has 5 nitrogen and oxygen atoms in total. The van der Waals surface area contributed by atoms with E-state index in [1.165, 1.54) is 0 Å². The summed E-state index contributed by atoms with van der Waals surface area (Å²) >= 11 is 0. The number of likely N-dealkylation sites (N-methyl/N-ethyl adjacent to an activating group) is 1. The summed E-state index contributed by atoms with van der Waals surface area (Å²) in [6.07, 6.45) is 1.06. The average Bonchev–Trinajstić information content (AvgIpc) is 2.49. The first-order valence-corrected chi connectivity index (χ1v) is 6.75. The smallest absolute Gasteiger partial charge is 0.220 e. The first-order valence-electron chi connectivity index (χ1n) is 6.75. The molecule has 0 heterocycles. The third kappa shape index (κ3) is 6.69. The SMILES string of the molecule is CNC(C)CNC(=O)CCc1cc(OC)ccc1OC.Cl. The maximum atomic E-state index is 11.8. The Morgan fingerprint density at radius 2 is 2.00 bits per heavy atom. The summed E-state index contributed by atoms with van der Waals surface area (Å²) in [5, 5.41) is 5.97. The van der Waals surface area contributed by atoms with Crippen LogP contribution in [0.1, 0.15) is 18.9 Å². The van der Waals surface area contributed by atoms with Crippen LogP contribution in [0.15, 0.2) is 18.2 Å². The number of hydrogen-bond donors (Lipinski definition) is 2. The minimum atomic E-state index is 0. The first kappa shape index (κ1) is 19.5. The van der Waals surface area contributed by atoms with Crippen LogP contribution < -0.4 is 20.1 Å². The molecule has 21 heavy (non-hydrogen) atoms. The van der Waals surface area contributed by atoms with Crippen molar-refractivity contribution in [3.05, 3.63) is 23.8 Å². The first-order chi connectivity index (χ1) is 9.60. The topological polar surface area (TPSA) is 59.6 Å². The lowest BCUT2D eigenvalue weighted by Gasteiger charge is -2.12. The molecule has 0 radical (unpaired) electrons. The van der Waals surface area contributed by atoms with E-state index in [0.717, 1.165) is 17.1 Å². The van der Waals surface area contributed by atoms with Crippen molar-refractivity contribution in [2.45, 2.75) is 25.8 Å². The van der Waals surface area contributed by atoms with Gasteiger partial charge in [0.25, 0.3) is 0 Å². The number of amides is 1.